The first-order valence-electron chi connectivity index (χ1n) is 4.56. The Morgan fingerprint density at radius 1 is 1.21 bits per heavy atom. The maximum absolute atomic E-state index is 9.41. The standard InChI is InChI=1S/C13H12O/c1-9(2)12-5-3-4-10-6-7-11(14)8-13(10)12/h3-8,14H,1H2,2H3. The van der Waals surface area contributed by atoms with Crippen LogP contribution in [0.3, 0.4) is 0 Å². The van der Waals surface area contributed by atoms with E-state index in [0.717, 1.165) is 21.9 Å². The highest BCUT2D eigenvalue weighted by atomic mass is 16.3. The molecule has 1 nitrogen and oxygen atoms in total. The van der Waals surface area contributed by atoms with Gasteiger partial charge in [0.05, 0.1) is 0 Å². The molecule has 0 heterocycles. The molecule has 0 amide bonds. The Labute approximate surface area is 83.3 Å². The lowest BCUT2D eigenvalue weighted by molar-refractivity contribution is 0.476. The zero-order valence-corrected chi connectivity index (χ0v) is 8.12. The largest absolute Gasteiger partial charge is 0.508 e. The Balaban J connectivity index is 2.84. The lowest BCUT2D eigenvalue weighted by Gasteiger charge is -2.05. The Morgan fingerprint density at radius 3 is 2.71 bits per heavy atom. The van der Waals surface area contributed by atoms with Gasteiger partial charge in [0.2, 0.25) is 0 Å². The molecule has 1 heteroatoms. The highest BCUT2D eigenvalue weighted by Crippen LogP contribution is 2.26. The van der Waals surface area contributed by atoms with Gasteiger partial charge in [0.25, 0.3) is 0 Å². The van der Waals surface area contributed by atoms with E-state index in [0.29, 0.717) is 5.75 Å². The van der Waals surface area contributed by atoms with Crippen LogP contribution in [0.1, 0.15) is 12.5 Å². The van der Waals surface area contributed by atoms with Gasteiger partial charge in [-0.05, 0) is 35.4 Å². The molecule has 0 aliphatic rings. The third-order valence-corrected chi connectivity index (χ3v) is 2.33. The summed E-state index contributed by atoms with van der Waals surface area (Å²) in [5.74, 6) is 0.297. The first kappa shape index (κ1) is 8.82. The van der Waals surface area contributed by atoms with Crippen molar-refractivity contribution in [2.45, 2.75) is 6.92 Å². The molecule has 0 radical (unpaired) electrons. The van der Waals surface area contributed by atoms with Crippen LogP contribution in [0.25, 0.3) is 16.3 Å². The number of phenolic OH excluding ortho intramolecular Hbond substituents is 1. The van der Waals surface area contributed by atoms with Crippen molar-refractivity contribution in [2.75, 3.05) is 0 Å². The maximum atomic E-state index is 9.41. The van der Waals surface area contributed by atoms with Gasteiger partial charge in [-0.3, -0.25) is 0 Å². The predicted molar refractivity (Wildman–Crippen MR) is 60.3 cm³/mol. The average Bonchev–Trinajstić information content (AvgIpc) is 2.16. The number of hydrogen-bond acceptors (Lipinski definition) is 1. The number of aromatic hydroxyl groups is 1. The fourth-order valence-corrected chi connectivity index (χ4v) is 1.63. The van der Waals surface area contributed by atoms with E-state index in [1.165, 1.54) is 0 Å². The van der Waals surface area contributed by atoms with Crippen molar-refractivity contribution in [2.24, 2.45) is 0 Å². The zero-order valence-electron chi connectivity index (χ0n) is 8.12. The van der Waals surface area contributed by atoms with Gasteiger partial charge in [0.1, 0.15) is 5.75 Å². The third-order valence-electron chi connectivity index (χ3n) is 2.33. The van der Waals surface area contributed by atoms with E-state index in [1.807, 2.05) is 31.2 Å². The molecule has 14 heavy (non-hydrogen) atoms. The second-order valence-electron chi connectivity index (χ2n) is 3.49. The van der Waals surface area contributed by atoms with Gasteiger partial charge in [-0.25, -0.2) is 0 Å². The van der Waals surface area contributed by atoms with Gasteiger partial charge < -0.3 is 5.11 Å². The number of benzene rings is 2. The van der Waals surface area contributed by atoms with Crippen molar-refractivity contribution in [1.29, 1.82) is 0 Å². The molecule has 2 rings (SSSR count). The molecule has 0 saturated heterocycles. The second-order valence-corrected chi connectivity index (χ2v) is 3.49. The van der Waals surface area contributed by atoms with Crippen LogP contribution in [0, 0.1) is 0 Å². The lowest BCUT2D eigenvalue weighted by atomic mass is 10.00. The summed E-state index contributed by atoms with van der Waals surface area (Å²) in [7, 11) is 0. The van der Waals surface area contributed by atoms with Crippen LogP contribution >= 0.6 is 0 Å². The monoisotopic (exact) mass is 184 g/mol. The van der Waals surface area contributed by atoms with E-state index in [2.05, 4.69) is 6.58 Å². The van der Waals surface area contributed by atoms with Gasteiger partial charge in [-0.1, -0.05) is 36.4 Å². The molecular weight excluding hydrogens is 172 g/mol. The molecular formula is C13H12O. The maximum Gasteiger partial charge on any atom is 0.116 e. The molecule has 0 atom stereocenters. The fraction of sp³-hybridized carbons (Fsp3) is 0.0769. The fourth-order valence-electron chi connectivity index (χ4n) is 1.63. The van der Waals surface area contributed by atoms with Crippen LogP contribution < -0.4 is 0 Å². The van der Waals surface area contributed by atoms with Crippen molar-refractivity contribution in [3.05, 3.63) is 48.5 Å². The molecule has 1 N–H and O–H groups in total. The summed E-state index contributed by atoms with van der Waals surface area (Å²) in [5.41, 5.74) is 2.11. The van der Waals surface area contributed by atoms with Gasteiger partial charge in [0.15, 0.2) is 0 Å². The molecule has 0 saturated carbocycles. The second kappa shape index (κ2) is 3.18. The summed E-state index contributed by atoms with van der Waals surface area (Å²) in [4.78, 5) is 0. The number of rotatable bonds is 1. The summed E-state index contributed by atoms with van der Waals surface area (Å²) in [5, 5.41) is 11.6. The SMILES string of the molecule is C=C(C)c1cccc2ccc(O)cc12. The molecule has 2 aromatic carbocycles. The normalized spacial score (nSPS) is 10.4. The smallest absolute Gasteiger partial charge is 0.116 e. The van der Waals surface area contributed by atoms with Crippen molar-refractivity contribution in [3.63, 3.8) is 0 Å². The minimum atomic E-state index is 0.297. The van der Waals surface area contributed by atoms with Crippen molar-refractivity contribution in [1.82, 2.24) is 0 Å². The summed E-state index contributed by atoms with van der Waals surface area (Å²) < 4.78 is 0. The number of fused-ring (bicyclic) bond motifs is 1. The molecule has 2 aromatic rings. The first-order valence-corrected chi connectivity index (χ1v) is 4.56. The van der Waals surface area contributed by atoms with E-state index in [-0.39, 0.29) is 0 Å². The number of phenols is 1. The predicted octanol–water partition coefficient (Wildman–Crippen LogP) is 3.58. The van der Waals surface area contributed by atoms with Gasteiger partial charge >= 0.3 is 0 Å². The number of hydrogen-bond donors (Lipinski definition) is 1. The molecule has 0 spiro atoms. The van der Waals surface area contributed by atoms with Crippen LogP contribution in [0.15, 0.2) is 43.0 Å². The summed E-state index contributed by atoms with van der Waals surface area (Å²) in [6, 6.07) is 11.4. The topological polar surface area (TPSA) is 20.2 Å². The average molecular weight is 184 g/mol. The van der Waals surface area contributed by atoms with Gasteiger partial charge in [0, 0.05) is 0 Å². The van der Waals surface area contributed by atoms with Crippen LogP contribution in [-0.4, -0.2) is 5.11 Å². The Morgan fingerprint density at radius 2 is 2.00 bits per heavy atom. The highest BCUT2D eigenvalue weighted by Gasteiger charge is 2.01. The molecule has 0 fully saturated rings. The molecule has 0 unspecified atom stereocenters. The summed E-state index contributed by atoms with van der Waals surface area (Å²) >= 11 is 0. The molecule has 70 valence electrons. The Hall–Kier alpha value is -1.76. The van der Waals surface area contributed by atoms with E-state index < -0.39 is 0 Å². The van der Waals surface area contributed by atoms with Crippen LogP contribution in [0.2, 0.25) is 0 Å². The highest BCUT2D eigenvalue weighted by molar-refractivity contribution is 5.93. The minimum absolute atomic E-state index is 0.297. The van der Waals surface area contributed by atoms with Gasteiger partial charge in [-0.15, -0.1) is 0 Å². The minimum Gasteiger partial charge on any atom is -0.508 e. The molecule has 0 bridgehead atoms. The van der Waals surface area contributed by atoms with Crippen LogP contribution in [0.4, 0.5) is 0 Å². The van der Waals surface area contributed by atoms with E-state index in [1.54, 1.807) is 12.1 Å². The van der Waals surface area contributed by atoms with E-state index >= 15 is 0 Å². The first-order chi connectivity index (χ1) is 6.68. The number of allylic oxidation sites excluding steroid dienone is 1. The lowest BCUT2D eigenvalue weighted by Crippen LogP contribution is -1.81. The molecule has 0 aromatic heterocycles. The Kier molecular flexibility index (Phi) is 2.01. The van der Waals surface area contributed by atoms with Crippen LogP contribution in [0.5, 0.6) is 5.75 Å². The zero-order chi connectivity index (χ0) is 10.1. The van der Waals surface area contributed by atoms with Crippen molar-refractivity contribution >= 4 is 16.3 Å². The van der Waals surface area contributed by atoms with Gasteiger partial charge in [-0.2, -0.15) is 0 Å². The Bertz CT molecular complexity index is 498. The van der Waals surface area contributed by atoms with Crippen LogP contribution in [-0.2, 0) is 0 Å². The molecule has 0 aliphatic carbocycles. The van der Waals surface area contributed by atoms with E-state index in [4.69, 9.17) is 0 Å². The summed E-state index contributed by atoms with van der Waals surface area (Å²) in [6.07, 6.45) is 0. The van der Waals surface area contributed by atoms with E-state index in [9.17, 15) is 5.11 Å². The quantitative estimate of drug-likeness (QED) is 0.718. The third kappa shape index (κ3) is 1.37. The summed E-state index contributed by atoms with van der Waals surface area (Å²) in [6.45, 7) is 5.89. The molecule has 0 aliphatic heterocycles. The van der Waals surface area contributed by atoms with Crippen molar-refractivity contribution in [3.8, 4) is 5.75 Å². The van der Waals surface area contributed by atoms with Crippen molar-refractivity contribution < 1.29 is 5.11 Å².